The van der Waals surface area contributed by atoms with Gasteiger partial charge in [-0.1, -0.05) is 24.3 Å². The van der Waals surface area contributed by atoms with Gasteiger partial charge in [0.15, 0.2) is 0 Å². The van der Waals surface area contributed by atoms with Gasteiger partial charge in [0.1, 0.15) is 0 Å². The summed E-state index contributed by atoms with van der Waals surface area (Å²) in [6.07, 6.45) is 0. The maximum Gasteiger partial charge on any atom is 0.334 e. The molecule has 0 heterocycles. The molecule has 23 heavy (non-hydrogen) atoms. The summed E-state index contributed by atoms with van der Waals surface area (Å²) in [5.74, 6) is -0.389. The Morgan fingerprint density at radius 2 is 1.87 bits per heavy atom. The highest BCUT2D eigenvalue weighted by Gasteiger charge is 2.17. The summed E-state index contributed by atoms with van der Waals surface area (Å²) in [6.45, 7) is 4.34. The van der Waals surface area contributed by atoms with Gasteiger partial charge in [0.05, 0.1) is 0 Å². The number of hydrogen-bond donors (Lipinski definition) is 1. The van der Waals surface area contributed by atoms with Crippen LogP contribution in [0, 0.1) is 10.5 Å². The topological polar surface area (TPSA) is 49.4 Å². The first-order valence-electron chi connectivity index (χ1n) is 7.13. The number of benzene rings is 2. The van der Waals surface area contributed by atoms with Crippen LogP contribution in [-0.2, 0) is 0 Å². The molecule has 120 valence electrons. The first-order valence-corrected chi connectivity index (χ1v) is 8.98. The number of carbonyl (C=O) groups excluding carboxylic acids is 2. The van der Waals surface area contributed by atoms with Crippen LogP contribution < -0.4 is 5.32 Å². The molecule has 3 amide bonds. The quantitative estimate of drug-likeness (QED) is 0.564. The normalized spacial score (nSPS) is 10.2. The second-order valence-electron chi connectivity index (χ2n) is 4.82. The first kappa shape index (κ1) is 17.8. The van der Waals surface area contributed by atoms with Crippen LogP contribution in [0.15, 0.2) is 53.4 Å². The molecule has 0 atom stereocenters. The number of carbonyl (C=O) groups is 2. The molecule has 2 aromatic carbocycles. The number of imide groups is 1. The first-order chi connectivity index (χ1) is 11.0. The van der Waals surface area contributed by atoms with Crippen molar-refractivity contribution in [3.8, 4) is 0 Å². The third-order valence-corrected chi connectivity index (χ3v) is 5.42. The maximum atomic E-state index is 12.3. The van der Waals surface area contributed by atoms with Gasteiger partial charge in [0.2, 0.25) is 0 Å². The summed E-state index contributed by atoms with van der Waals surface area (Å²) in [5.41, 5.74) is 1.58. The summed E-state index contributed by atoms with van der Waals surface area (Å²) >= 11 is 3.48. The lowest BCUT2D eigenvalue weighted by atomic mass is 10.1. The number of nitrogens with one attached hydrogen (secondary N) is 1. The van der Waals surface area contributed by atoms with Gasteiger partial charge in [0, 0.05) is 20.6 Å². The maximum absolute atomic E-state index is 12.3. The number of nitrogens with zero attached hydrogens (tertiary/aromatic N) is 1. The Morgan fingerprint density at radius 1 is 1.17 bits per heavy atom. The molecule has 0 saturated carbocycles. The average molecular weight is 440 g/mol. The summed E-state index contributed by atoms with van der Waals surface area (Å²) in [6, 6.07) is 14.5. The van der Waals surface area contributed by atoms with Crippen molar-refractivity contribution in [1.82, 2.24) is 9.62 Å². The van der Waals surface area contributed by atoms with Crippen LogP contribution in [0.4, 0.5) is 4.79 Å². The van der Waals surface area contributed by atoms with Crippen molar-refractivity contribution in [2.24, 2.45) is 0 Å². The fraction of sp³-hybridized carbons (Fsp3) is 0.176. The summed E-state index contributed by atoms with van der Waals surface area (Å²) < 4.78 is 2.51. The Morgan fingerprint density at radius 3 is 2.48 bits per heavy atom. The molecular formula is C17H17IN2O2S. The van der Waals surface area contributed by atoms with E-state index in [1.807, 2.05) is 50.2 Å². The molecule has 0 radical (unpaired) electrons. The van der Waals surface area contributed by atoms with Crippen molar-refractivity contribution >= 4 is 46.5 Å². The Labute approximate surface area is 153 Å². The molecular weight excluding hydrogens is 423 g/mol. The molecule has 6 heteroatoms. The van der Waals surface area contributed by atoms with Gasteiger partial charge < -0.3 is 0 Å². The van der Waals surface area contributed by atoms with Crippen molar-refractivity contribution in [2.75, 3.05) is 6.54 Å². The van der Waals surface area contributed by atoms with Gasteiger partial charge in [-0.05, 0) is 78.2 Å². The van der Waals surface area contributed by atoms with Crippen molar-refractivity contribution in [3.63, 3.8) is 0 Å². The van der Waals surface area contributed by atoms with Crippen molar-refractivity contribution in [3.05, 3.63) is 63.2 Å². The number of hydrogen-bond acceptors (Lipinski definition) is 3. The molecule has 4 nitrogen and oxygen atoms in total. The van der Waals surface area contributed by atoms with Crippen molar-refractivity contribution in [2.45, 2.75) is 18.7 Å². The van der Waals surface area contributed by atoms with Gasteiger partial charge >= 0.3 is 6.03 Å². The van der Waals surface area contributed by atoms with Crippen LogP contribution in [-0.4, -0.2) is 22.8 Å². The van der Waals surface area contributed by atoms with E-state index in [2.05, 4.69) is 27.9 Å². The van der Waals surface area contributed by atoms with Crippen LogP contribution in [0.25, 0.3) is 0 Å². The molecule has 0 aliphatic heterocycles. The van der Waals surface area contributed by atoms with E-state index in [4.69, 9.17) is 0 Å². The fourth-order valence-corrected chi connectivity index (χ4v) is 3.13. The van der Waals surface area contributed by atoms with E-state index in [1.54, 1.807) is 12.1 Å². The number of amides is 3. The van der Waals surface area contributed by atoms with Crippen LogP contribution in [0.2, 0.25) is 0 Å². The van der Waals surface area contributed by atoms with E-state index in [-0.39, 0.29) is 5.91 Å². The molecule has 0 fully saturated rings. The van der Waals surface area contributed by atoms with Gasteiger partial charge in [-0.3, -0.25) is 14.4 Å². The average Bonchev–Trinajstić information content (AvgIpc) is 2.55. The largest absolute Gasteiger partial charge is 0.334 e. The Bertz CT molecular complexity index is 707. The van der Waals surface area contributed by atoms with E-state index in [0.717, 1.165) is 14.0 Å². The molecule has 0 bridgehead atoms. The van der Waals surface area contributed by atoms with Crippen molar-refractivity contribution in [1.29, 1.82) is 0 Å². The molecule has 2 aromatic rings. The van der Waals surface area contributed by atoms with E-state index in [1.165, 1.54) is 16.3 Å². The van der Waals surface area contributed by atoms with Gasteiger partial charge in [0.25, 0.3) is 5.91 Å². The van der Waals surface area contributed by atoms with Crippen LogP contribution in [0.1, 0.15) is 22.8 Å². The van der Waals surface area contributed by atoms with Gasteiger partial charge in [-0.15, -0.1) is 0 Å². The number of halogens is 1. The number of rotatable bonds is 4. The van der Waals surface area contributed by atoms with E-state index >= 15 is 0 Å². The SMILES string of the molecule is CCN(Sc1ccccc1)C(=O)NC(=O)c1ccc(C)c(I)c1. The number of urea groups is 1. The zero-order chi connectivity index (χ0) is 16.8. The van der Waals surface area contributed by atoms with Crippen LogP contribution in [0.5, 0.6) is 0 Å². The van der Waals surface area contributed by atoms with E-state index in [0.29, 0.717) is 12.1 Å². The van der Waals surface area contributed by atoms with E-state index < -0.39 is 6.03 Å². The Balaban J connectivity index is 2.03. The monoisotopic (exact) mass is 440 g/mol. The van der Waals surface area contributed by atoms with Crippen molar-refractivity contribution < 1.29 is 9.59 Å². The highest BCUT2D eigenvalue weighted by Crippen LogP contribution is 2.22. The fourth-order valence-electron chi connectivity index (χ4n) is 1.82. The molecule has 1 N–H and O–H groups in total. The minimum atomic E-state index is -0.415. The van der Waals surface area contributed by atoms with Gasteiger partial charge in [-0.2, -0.15) is 0 Å². The van der Waals surface area contributed by atoms with Crippen LogP contribution in [0.3, 0.4) is 0 Å². The molecule has 0 aromatic heterocycles. The third-order valence-electron chi connectivity index (χ3n) is 3.13. The lowest BCUT2D eigenvalue weighted by molar-refractivity contribution is 0.0960. The summed E-state index contributed by atoms with van der Waals surface area (Å²) in [7, 11) is 0. The standard InChI is InChI=1S/C17H17IN2O2S/c1-3-20(23-14-7-5-4-6-8-14)17(22)19-16(21)13-10-9-12(2)15(18)11-13/h4-11H,3H2,1-2H3,(H,19,21,22). The van der Waals surface area contributed by atoms with Crippen LogP contribution >= 0.6 is 34.5 Å². The minimum Gasteiger partial charge on any atom is -0.273 e. The molecule has 0 aliphatic carbocycles. The number of aryl methyl sites for hydroxylation is 1. The molecule has 0 spiro atoms. The predicted octanol–water partition coefficient (Wildman–Crippen LogP) is 4.48. The zero-order valence-electron chi connectivity index (χ0n) is 12.9. The predicted molar refractivity (Wildman–Crippen MR) is 101 cm³/mol. The summed E-state index contributed by atoms with van der Waals surface area (Å²) in [4.78, 5) is 25.5. The molecule has 2 rings (SSSR count). The second kappa shape index (κ2) is 8.35. The highest BCUT2D eigenvalue weighted by atomic mass is 127. The lowest BCUT2D eigenvalue weighted by Crippen LogP contribution is -2.39. The Kier molecular flexibility index (Phi) is 6.47. The van der Waals surface area contributed by atoms with E-state index in [9.17, 15) is 9.59 Å². The zero-order valence-corrected chi connectivity index (χ0v) is 15.8. The lowest BCUT2D eigenvalue weighted by Gasteiger charge is -2.19. The highest BCUT2D eigenvalue weighted by molar-refractivity contribution is 14.1. The Hall–Kier alpha value is -1.54. The smallest absolute Gasteiger partial charge is 0.273 e. The van der Waals surface area contributed by atoms with Gasteiger partial charge in [-0.25, -0.2) is 4.79 Å². The third kappa shape index (κ3) is 4.97. The second-order valence-corrected chi connectivity index (χ2v) is 7.08. The molecule has 0 unspecified atom stereocenters. The minimum absolute atomic E-state index is 0.389. The molecule has 0 saturated heterocycles. The summed E-state index contributed by atoms with van der Waals surface area (Å²) in [5, 5.41) is 2.44. The molecule has 0 aliphatic rings.